The summed E-state index contributed by atoms with van der Waals surface area (Å²) in [5.41, 5.74) is 1.02. The van der Waals surface area contributed by atoms with E-state index in [2.05, 4.69) is 10.6 Å². The molecular weight excluding hydrogens is 420 g/mol. The molecule has 1 aliphatic heterocycles. The molecule has 2 aliphatic rings. The normalized spacial score (nSPS) is 20.3. The second-order valence-corrected chi connectivity index (χ2v) is 9.90. The van der Waals surface area contributed by atoms with Crippen LogP contribution in [-0.2, 0) is 31.6 Å². The highest BCUT2D eigenvalue weighted by Gasteiger charge is 2.55. The lowest BCUT2D eigenvalue weighted by Gasteiger charge is -2.22. The minimum atomic E-state index is -3.58. The summed E-state index contributed by atoms with van der Waals surface area (Å²) >= 11 is 0. The maximum absolute atomic E-state index is 13.1. The van der Waals surface area contributed by atoms with Gasteiger partial charge >= 0.3 is 6.03 Å². The molecule has 0 radical (unpaired) electrons. The van der Waals surface area contributed by atoms with Gasteiger partial charge in [-0.3, -0.25) is 14.5 Å². The molecule has 0 saturated carbocycles. The van der Waals surface area contributed by atoms with Crippen molar-refractivity contribution in [3.63, 3.8) is 0 Å². The second-order valence-electron chi connectivity index (χ2n) is 7.74. The van der Waals surface area contributed by atoms with Gasteiger partial charge in [-0.1, -0.05) is 24.3 Å². The van der Waals surface area contributed by atoms with Crippen LogP contribution in [0.3, 0.4) is 0 Å². The van der Waals surface area contributed by atoms with Gasteiger partial charge in [0.15, 0.2) is 0 Å². The number of amides is 4. The van der Waals surface area contributed by atoms with E-state index in [9.17, 15) is 22.8 Å². The highest BCUT2D eigenvalue weighted by atomic mass is 32.2. The molecule has 1 fully saturated rings. The third-order valence-electron chi connectivity index (χ3n) is 5.64. The Morgan fingerprint density at radius 3 is 2.48 bits per heavy atom. The molecule has 0 aromatic heterocycles. The molecule has 4 rings (SSSR count). The van der Waals surface area contributed by atoms with Crippen molar-refractivity contribution in [2.45, 2.75) is 23.3 Å². The van der Waals surface area contributed by atoms with Crippen LogP contribution < -0.4 is 10.6 Å². The summed E-state index contributed by atoms with van der Waals surface area (Å²) < 4.78 is 25.3. The average molecular weight is 442 g/mol. The topological polar surface area (TPSA) is 116 Å². The Balaban J connectivity index is 1.46. The van der Waals surface area contributed by atoms with Gasteiger partial charge in [0.25, 0.3) is 5.91 Å². The smallest absolute Gasteiger partial charge is 0.325 e. The molecule has 10 heteroatoms. The van der Waals surface area contributed by atoms with Crippen molar-refractivity contribution < 1.29 is 22.8 Å². The van der Waals surface area contributed by atoms with Crippen LogP contribution in [0.15, 0.2) is 53.4 Å². The summed E-state index contributed by atoms with van der Waals surface area (Å²) in [6, 6.07) is 12.5. The number of imide groups is 1. The predicted molar refractivity (Wildman–Crippen MR) is 113 cm³/mol. The Labute approximate surface area is 180 Å². The molecule has 9 nitrogen and oxygen atoms in total. The monoisotopic (exact) mass is 442 g/mol. The molecule has 162 valence electrons. The Hall–Kier alpha value is -3.24. The van der Waals surface area contributed by atoms with Gasteiger partial charge in [0.05, 0.1) is 4.90 Å². The lowest BCUT2D eigenvalue weighted by atomic mass is 9.92. The van der Waals surface area contributed by atoms with Crippen molar-refractivity contribution in [3.05, 3.63) is 59.7 Å². The molecule has 1 aliphatic carbocycles. The van der Waals surface area contributed by atoms with Crippen molar-refractivity contribution in [2.24, 2.45) is 0 Å². The first-order valence-corrected chi connectivity index (χ1v) is 11.1. The van der Waals surface area contributed by atoms with Gasteiger partial charge in [0.1, 0.15) is 12.1 Å². The van der Waals surface area contributed by atoms with Crippen molar-refractivity contribution in [2.75, 3.05) is 26.0 Å². The molecule has 1 atom stereocenters. The fourth-order valence-electron chi connectivity index (χ4n) is 4.00. The van der Waals surface area contributed by atoms with Crippen LogP contribution in [0.5, 0.6) is 0 Å². The fraction of sp³-hybridized carbons (Fsp3) is 0.286. The van der Waals surface area contributed by atoms with Gasteiger partial charge in [0, 0.05) is 19.8 Å². The van der Waals surface area contributed by atoms with Crippen molar-refractivity contribution in [3.8, 4) is 0 Å². The highest BCUT2D eigenvalue weighted by Crippen LogP contribution is 2.41. The van der Waals surface area contributed by atoms with E-state index in [0.29, 0.717) is 18.5 Å². The van der Waals surface area contributed by atoms with Gasteiger partial charge in [-0.2, -0.15) is 0 Å². The van der Waals surface area contributed by atoms with Crippen LogP contribution in [0.2, 0.25) is 0 Å². The number of hydrogen-bond donors (Lipinski definition) is 2. The zero-order valence-corrected chi connectivity index (χ0v) is 17.9. The van der Waals surface area contributed by atoms with Crippen LogP contribution in [0, 0.1) is 0 Å². The van der Waals surface area contributed by atoms with E-state index in [1.165, 1.54) is 38.4 Å². The van der Waals surface area contributed by atoms with Crippen LogP contribution in [0.1, 0.15) is 17.5 Å². The molecule has 1 heterocycles. The molecule has 4 amide bonds. The Morgan fingerprint density at radius 2 is 1.81 bits per heavy atom. The maximum Gasteiger partial charge on any atom is 0.325 e. The van der Waals surface area contributed by atoms with E-state index >= 15 is 0 Å². The van der Waals surface area contributed by atoms with Crippen molar-refractivity contribution in [1.29, 1.82) is 0 Å². The molecule has 2 aromatic carbocycles. The minimum Gasteiger partial charge on any atom is -0.325 e. The number of anilines is 1. The number of carbonyl (C=O) groups is 3. The van der Waals surface area contributed by atoms with E-state index in [1.54, 1.807) is 0 Å². The second kappa shape index (κ2) is 7.47. The molecule has 2 N–H and O–H groups in total. The molecule has 31 heavy (non-hydrogen) atoms. The summed E-state index contributed by atoms with van der Waals surface area (Å²) in [6.45, 7) is -0.438. The summed E-state index contributed by atoms with van der Waals surface area (Å²) in [7, 11) is -0.719. The van der Waals surface area contributed by atoms with Gasteiger partial charge in [-0.05, 0) is 48.2 Å². The average Bonchev–Trinajstić information content (AvgIpc) is 3.22. The Bertz CT molecular complexity index is 1180. The summed E-state index contributed by atoms with van der Waals surface area (Å²) in [6.07, 6.45) is 1.13. The van der Waals surface area contributed by atoms with Gasteiger partial charge < -0.3 is 10.6 Å². The highest BCUT2D eigenvalue weighted by molar-refractivity contribution is 7.89. The summed E-state index contributed by atoms with van der Waals surface area (Å²) in [5, 5.41) is 5.37. The van der Waals surface area contributed by atoms with E-state index < -0.39 is 40.0 Å². The van der Waals surface area contributed by atoms with Gasteiger partial charge in [-0.15, -0.1) is 0 Å². The zero-order chi connectivity index (χ0) is 22.4. The minimum absolute atomic E-state index is 0.0893. The molecule has 1 spiro atoms. The number of sulfonamides is 1. The number of rotatable bonds is 5. The molecule has 0 unspecified atom stereocenters. The largest absolute Gasteiger partial charge is 0.325 e. The predicted octanol–water partition coefficient (Wildman–Crippen LogP) is 1.27. The first-order chi connectivity index (χ1) is 14.6. The third-order valence-corrected chi connectivity index (χ3v) is 7.47. The third kappa shape index (κ3) is 3.47. The van der Waals surface area contributed by atoms with Gasteiger partial charge in [-0.25, -0.2) is 17.5 Å². The lowest BCUT2D eigenvalue weighted by molar-refractivity contribution is -0.134. The number of carbonyl (C=O) groups excluding carboxylic acids is 3. The fourth-order valence-corrected chi connectivity index (χ4v) is 4.90. The maximum atomic E-state index is 13.1. The first-order valence-electron chi connectivity index (χ1n) is 9.70. The first kappa shape index (κ1) is 21.0. The molecule has 0 bridgehead atoms. The number of nitrogens with zero attached hydrogens (tertiary/aromatic N) is 2. The van der Waals surface area contributed by atoms with E-state index in [0.717, 1.165) is 20.3 Å². The quantitative estimate of drug-likeness (QED) is 0.677. The van der Waals surface area contributed by atoms with Crippen LogP contribution in [0.25, 0.3) is 0 Å². The van der Waals surface area contributed by atoms with E-state index in [-0.39, 0.29) is 4.90 Å². The number of benzene rings is 2. The molecule has 2 aromatic rings. The standard InChI is InChI=1S/C21H22N4O5S/c1-24(2)31(29,30)16-9-7-15(8-10-16)22-18(26)13-25-19(27)21(23-20(25)28)12-11-14-5-3-4-6-17(14)21/h3-10H,11-13H2,1-2H3,(H,22,26)(H,23,28)/t21-/m1/s1. The van der Waals surface area contributed by atoms with E-state index in [4.69, 9.17) is 0 Å². The number of nitrogens with one attached hydrogen (secondary N) is 2. The lowest BCUT2D eigenvalue weighted by Crippen LogP contribution is -2.43. The van der Waals surface area contributed by atoms with Crippen molar-refractivity contribution in [1.82, 2.24) is 14.5 Å². The van der Waals surface area contributed by atoms with Crippen molar-refractivity contribution >= 4 is 33.6 Å². The summed E-state index contributed by atoms with van der Waals surface area (Å²) in [4.78, 5) is 39.1. The summed E-state index contributed by atoms with van der Waals surface area (Å²) in [5.74, 6) is -1.000. The van der Waals surface area contributed by atoms with Crippen LogP contribution in [0.4, 0.5) is 10.5 Å². The zero-order valence-electron chi connectivity index (χ0n) is 17.1. The number of urea groups is 1. The number of hydrogen-bond acceptors (Lipinski definition) is 5. The van der Waals surface area contributed by atoms with E-state index in [1.807, 2.05) is 24.3 Å². The molecular formula is C21H22N4O5S. The Kier molecular flexibility index (Phi) is 5.06. The van der Waals surface area contributed by atoms with Crippen LogP contribution >= 0.6 is 0 Å². The van der Waals surface area contributed by atoms with Crippen LogP contribution in [-0.4, -0.2) is 56.1 Å². The van der Waals surface area contributed by atoms with Gasteiger partial charge in [0.2, 0.25) is 15.9 Å². The number of aryl methyl sites for hydroxylation is 1. The number of fused-ring (bicyclic) bond motifs is 2. The Morgan fingerprint density at radius 1 is 1.13 bits per heavy atom. The molecule has 1 saturated heterocycles. The SMILES string of the molecule is CN(C)S(=O)(=O)c1ccc(NC(=O)CN2C(=O)N[C@@]3(CCc4ccccc43)C2=O)cc1.